The molecule has 116 valence electrons. The molecule has 6 nitrogen and oxygen atoms in total. The molecular weight excluding hydrogens is 292 g/mol. The Labute approximate surface area is 133 Å². The van der Waals surface area contributed by atoms with Gasteiger partial charge in [0.1, 0.15) is 0 Å². The number of anilines is 1. The summed E-state index contributed by atoms with van der Waals surface area (Å²) in [5.74, 6) is 0.510. The fourth-order valence-corrected chi connectivity index (χ4v) is 3.37. The van der Waals surface area contributed by atoms with E-state index in [1.807, 2.05) is 24.3 Å². The van der Waals surface area contributed by atoms with Crippen molar-refractivity contribution in [3.63, 3.8) is 0 Å². The fourth-order valence-electron chi connectivity index (χ4n) is 3.37. The van der Waals surface area contributed by atoms with E-state index in [1.165, 1.54) is 5.56 Å². The van der Waals surface area contributed by atoms with Gasteiger partial charge in [0.15, 0.2) is 0 Å². The second kappa shape index (κ2) is 5.39. The lowest BCUT2D eigenvalue weighted by Crippen LogP contribution is -2.23. The molecule has 1 aromatic carbocycles. The molecule has 1 saturated heterocycles. The number of hydrogen-bond donors (Lipinski definition) is 0. The van der Waals surface area contributed by atoms with Crippen molar-refractivity contribution in [1.82, 2.24) is 9.38 Å². The molecule has 1 atom stereocenters. The van der Waals surface area contributed by atoms with E-state index in [0.29, 0.717) is 11.5 Å². The summed E-state index contributed by atoms with van der Waals surface area (Å²) in [5.41, 5.74) is 1.78. The molecule has 1 aliphatic rings. The summed E-state index contributed by atoms with van der Waals surface area (Å²) in [6, 6.07) is 15.7. The number of nitro groups is 1. The quantitative estimate of drug-likeness (QED) is 0.548. The minimum absolute atomic E-state index is 0.0448. The maximum atomic E-state index is 11.6. The largest absolute Gasteiger partial charge is 0.372 e. The molecular formula is C17H16N4O2. The van der Waals surface area contributed by atoms with E-state index in [-0.39, 0.29) is 16.8 Å². The number of benzene rings is 1. The van der Waals surface area contributed by atoms with E-state index in [9.17, 15) is 10.1 Å². The lowest BCUT2D eigenvalue weighted by molar-refractivity contribution is -0.389. The van der Waals surface area contributed by atoms with Crippen LogP contribution in [0.1, 0.15) is 24.4 Å². The molecule has 0 bridgehead atoms. The van der Waals surface area contributed by atoms with Gasteiger partial charge in [0, 0.05) is 12.6 Å². The predicted octanol–water partition coefficient (Wildman–Crippen LogP) is 3.58. The number of imidazole rings is 1. The van der Waals surface area contributed by atoms with E-state index >= 15 is 0 Å². The van der Waals surface area contributed by atoms with Crippen molar-refractivity contribution in [3.8, 4) is 0 Å². The van der Waals surface area contributed by atoms with Crippen LogP contribution in [0.4, 0.5) is 11.6 Å². The van der Waals surface area contributed by atoms with Gasteiger partial charge in [0.05, 0.1) is 12.2 Å². The number of pyridine rings is 1. The summed E-state index contributed by atoms with van der Waals surface area (Å²) in [6.07, 6.45) is 3.68. The lowest BCUT2D eigenvalue weighted by Gasteiger charge is -2.24. The molecule has 23 heavy (non-hydrogen) atoms. The Kier molecular flexibility index (Phi) is 3.22. The molecule has 1 fully saturated rings. The van der Waals surface area contributed by atoms with Crippen LogP contribution in [-0.2, 0) is 0 Å². The van der Waals surface area contributed by atoms with Crippen molar-refractivity contribution in [2.24, 2.45) is 0 Å². The number of hydrogen-bond acceptors (Lipinski definition) is 4. The van der Waals surface area contributed by atoms with Crippen LogP contribution in [0.15, 0.2) is 54.7 Å². The topological polar surface area (TPSA) is 63.7 Å². The summed E-state index contributed by atoms with van der Waals surface area (Å²) in [6.45, 7) is 0.782. The summed E-state index contributed by atoms with van der Waals surface area (Å²) in [5, 5.41) is 11.6. The molecule has 0 aliphatic carbocycles. The van der Waals surface area contributed by atoms with Crippen molar-refractivity contribution < 1.29 is 4.92 Å². The lowest BCUT2D eigenvalue weighted by atomic mass is 10.0. The Morgan fingerprint density at radius 3 is 2.70 bits per heavy atom. The van der Waals surface area contributed by atoms with Crippen LogP contribution in [0.5, 0.6) is 0 Å². The molecule has 3 heterocycles. The zero-order valence-electron chi connectivity index (χ0n) is 12.5. The van der Waals surface area contributed by atoms with Crippen LogP contribution in [-0.4, -0.2) is 20.9 Å². The molecule has 3 aromatic rings. The second-order valence-corrected chi connectivity index (χ2v) is 5.71. The smallest absolute Gasteiger partial charge is 0.358 e. The van der Waals surface area contributed by atoms with Crippen LogP contribution in [0.3, 0.4) is 0 Å². The molecule has 0 radical (unpaired) electrons. The summed E-state index contributed by atoms with van der Waals surface area (Å²) >= 11 is 0. The number of fused-ring (bicyclic) bond motifs is 1. The van der Waals surface area contributed by atoms with E-state index in [0.717, 1.165) is 19.4 Å². The van der Waals surface area contributed by atoms with Crippen molar-refractivity contribution in [2.45, 2.75) is 18.9 Å². The molecule has 6 heteroatoms. The first kappa shape index (κ1) is 13.8. The normalized spacial score (nSPS) is 17.7. The zero-order valence-corrected chi connectivity index (χ0v) is 12.5. The number of nitrogens with zero attached hydrogens (tertiary/aromatic N) is 4. The fraction of sp³-hybridized carbons (Fsp3) is 0.235. The highest BCUT2D eigenvalue weighted by Crippen LogP contribution is 2.40. The molecule has 1 aliphatic heterocycles. The third kappa shape index (κ3) is 2.23. The van der Waals surface area contributed by atoms with Gasteiger partial charge in [-0.1, -0.05) is 36.4 Å². The number of rotatable bonds is 3. The Hall–Kier alpha value is -2.89. The van der Waals surface area contributed by atoms with Gasteiger partial charge < -0.3 is 15.0 Å². The molecule has 2 aromatic heterocycles. The first-order chi connectivity index (χ1) is 11.3. The van der Waals surface area contributed by atoms with Gasteiger partial charge in [-0.15, -0.1) is 0 Å². The minimum atomic E-state index is -0.338. The van der Waals surface area contributed by atoms with E-state index < -0.39 is 0 Å². The molecule has 0 saturated carbocycles. The first-order valence-electron chi connectivity index (χ1n) is 7.69. The third-order valence-corrected chi connectivity index (χ3v) is 4.37. The SMILES string of the molecule is O=[N+]([O-])c1c(N2CCCC2c2ccccc2)nc2ccccn12. The Morgan fingerprint density at radius 2 is 1.91 bits per heavy atom. The maximum Gasteiger partial charge on any atom is 0.372 e. The molecule has 4 rings (SSSR count). The van der Waals surface area contributed by atoms with Gasteiger partial charge in [-0.25, -0.2) is 0 Å². The Morgan fingerprint density at radius 1 is 1.13 bits per heavy atom. The van der Waals surface area contributed by atoms with Gasteiger partial charge in [-0.3, -0.25) is 0 Å². The number of aromatic nitrogens is 2. The average molecular weight is 308 g/mol. The summed E-state index contributed by atoms with van der Waals surface area (Å²) in [4.78, 5) is 17.9. The summed E-state index contributed by atoms with van der Waals surface area (Å²) < 4.78 is 1.55. The van der Waals surface area contributed by atoms with Gasteiger partial charge >= 0.3 is 5.82 Å². The molecule has 0 amide bonds. The molecule has 1 unspecified atom stereocenters. The monoisotopic (exact) mass is 308 g/mol. The van der Waals surface area contributed by atoms with E-state index in [4.69, 9.17) is 0 Å². The van der Waals surface area contributed by atoms with Crippen LogP contribution < -0.4 is 4.90 Å². The summed E-state index contributed by atoms with van der Waals surface area (Å²) in [7, 11) is 0. The van der Waals surface area contributed by atoms with Crippen LogP contribution >= 0.6 is 0 Å². The standard InChI is InChI=1S/C17H16N4O2/c22-21(23)17-16(18-15-10-4-5-11-20(15)17)19-12-6-9-14(19)13-7-2-1-3-8-13/h1-5,7-8,10-11,14H,6,9,12H2. The van der Waals surface area contributed by atoms with Crippen LogP contribution in [0, 0.1) is 10.1 Å². The van der Waals surface area contributed by atoms with Gasteiger partial charge in [0.25, 0.3) is 0 Å². The predicted molar refractivity (Wildman–Crippen MR) is 87.6 cm³/mol. The highest BCUT2D eigenvalue weighted by Gasteiger charge is 2.34. The van der Waals surface area contributed by atoms with Crippen molar-refractivity contribution >= 4 is 17.3 Å². The van der Waals surface area contributed by atoms with E-state index in [2.05, 4.69) is 22.0 Å². The van der Waals surface area contributed by atoms with Crippen molar-refractivity contribution in [2.75, 3.05) is 11.4 Å². The second-order valence-electron chi connectivity index (χ2n) is 5.71. The first-order valence-corrected chi connectivity index (χ1v) is 7.69. The minimum Gasteiger partial charge on any atom is -0.358 e. The molecule has 0 spiro atoms. The molecule has 0 N–H and O–H groups in total. The highest BCUT2D eigenvalue weighted by molar-refractivity contribution is 5.64. The highest BCUT2D eigenvalue weighted by atomic mass is 16.6. The van der Waals surface area contributed by atoms with Crippen molar-refractivity contribution in [3.05, 3.63) is 70.4 Å². The van der Waals surface area contributed by atoms with Gasteiger partial charge in [-0.2, -0.15) is 9.38 Å². The van der Waals surface area contributed by atoms with Crippen molar-refractivity contribution in [1.29, 1.82) is 0 Å². The van der Waals surface area contributed by atoms with Gasteiger partial charge in [-0.05, 0) is 29.4 Å². The Balaban J connectivity index is 1.85. The van der Waals surface area contributed by atoms with E-state index in [1.54, 1.807) is 22.7 Å². The zero-order chi connectivity index (χ0) is 15.8. The average Bonchev–Trinajstić information content (AvgIpc) is 3.19. The van der Waals surface area contributed by atoms with Gasteiger partial charge in [0.2, 0.25) is 11.5 Å². The Bertz CT molecular complexity index is 859. The maximum absolute atomic E-state index is 11.6. The third-order valence-electron chi connectivity index (χ3n) is 4.37. The van der Waals surface area contributed by atoms with Crippen LogP contribution in [0.2, 0.25) is 0 Å². The van der Waals surface area contributed by atoms with Crippen LogP contribution in [0.25, 0.3) is 5.65 Å².